The molecule has 0 bridgehead atoms. The fourth-order valence-corrected chi connectivity index (χ4v) is 3.69. The van der Waals surface area contributed by atoms with Crippen LogP contribution in [0.25, 0.3) is 10.2 Å². The molecule has 3 aromatic rings. The Hall–Kier alpha value is -2.74. The summed E-state index contributed by atoms with van der Waals surface area (Å²) in [6.07, 6.45) is 0. The molecule has 2 aromatic carbocycles. The zero-order valence-corrected chi connectivity index (χ0v) is 13.9. The molecule has 4 rings (SSSR count). The molecule has 25 heavy (non-hydrogen) atoms. The van der Waals surface area contributed by atoms with Crippen molar-refractivity contribution in [1.29, 1.82) is 0 Å². The highest BCUT2D eigenvalue weighted by atomic mass is 32.1. The Labute approximate surface area is 144 Å². The number of halogens is 2. The number of benzene rings is 2. The first kappa shape index (κ1) is 15.8. The van der Waals surface area contributed by atoms with Crippen molar-refractivity contribution in [2.75, 3.05) is 13.2 Å². The number of thiazole rings is 1. The Kier molecular flexibility index (Phi) is 3.76. The van der Waals surface area contributed by atoms with Gasteiger partial charge in [0, 0.05) is 18.7 Å². The lowest BCUT2D eigenvalue weighted by molar-refractivity contribution is 0.0996. The normalized spacial score (nSPS) is 14.1. The summed E-state index contributed by atoms with van der Waals surface area (Å²) < 4.78 is 40.0. The molecule has 0 spiro atoms. The van der Waals surface area contributed by atoms with Crippen molar-refractivity contribution in [2.45, 2.75) is 0 Å². The SMILES string of the molecule is Cn1c(=NC(=O)c2ccc3c(c2)OCCO3)sc2cc(F)cc(F)c21. The Bertz CT molecular complexity index is 1070. The van der Waals surface area contributed by atoms with E-state index in [4.69, 9.17) is 9.47 Å². The molecule has 0 unspecified atom stereocenters. The number of aromatic nitrogens is 1. The molecule has 0 saturated heterocycles. The maximum atomic E-state index is 14.0. The van der Waals surface area contributed by atoms with Gasteiger partial charge >= 0.3 is 0 Å². The van der Waals surface area contributed by atoms with E-state index in [-0.39, 0.29) is 10.3 Å². The lowest BCUT2D eigenvalue weighted by atomic mass is 10.2. The van der Waals surface area contributed by atoms with Gasteiger partial charge in [-0.15, -0.1) is 0 Å². The Morgan fingerprint density at radius 1 is 1.16 bits per heavy atom. The van der Waals surface area contributed by atoms with Crippen LogP contribution in [0.3, 0.4) is 0 Å². The maximum absolute atomic E-state index is 14.0. The number of fused-ring (bicyclic) bond motifs is 2. The van der Waals surface area contributed by atoms with Gasteiger partial charge in [0.2, 0.25) is 0 Å². The maximum Gasteiger partial charge on any atom is 0.279 e. The molecular weight excluding hydrogens is 350 g/mol. The third kappa shape index (κ3) is 2.78. The quantitative estimate of drug-likeness (QED) is 0.669. The first-order chi connectivity index (χ1) is 12.0. The number of nitrogens with zero attached hydrogens (tertiary/aromatic N) is 2. The van der Waals surface area contributed by atoms with Gasteiger partial charge in [-0.25, -0.2) is 8.78 Å². The zero-order valence-electron chi connectivity index (χ0n) is 13.1. The van der Waals surface area contributed by atoms with Crippen molar-refractivity contribution in [1.82, 2.24) is 4.57 Å². The fraction of sp³-hybridized carbons (Fsp3) is 0.176. The number of carbonyl (C=O) groups is 1. The molecule has 1 aromatic heterocycles. The lowest BCUT2D eigenvalue weighted by Crippen LogP contribution is -2.16. The zero-order chi connectivity index (χ0) is 17.6. The van der Waals surface area contributed by atoms with Crippen LogP contribution in [0.1, 0.15) is 10.4 Å². The minimum atomic E-state index is -0.693. The van der Waals surface area contributed by atoms with Gasteiger partial charge in [-0.3, -0.25) is 4.79 Å². The van der Waals surface area contributed by atoms with E-state index in [2.05, 4.69) is 4.99 Å². The van der Waals surface area contributed by atoms with Crippen molar-refractivity contribution >= 4 is 27.5 Å². The van der Waals surface area contributed by atoms with Crippen LogP contribution in [0.15, 0.2) is 35.3 Å². The standard InChI is InChI=1S/C17H12F2N2O3S/c1-21-15-11(19)7-10(18)8-14(15)25-17(21)20-16(22)9-2-3-12-13(6-9)24-5-4-23-12/h2-3,6-8H,4-5H2,1H3. The van der Waals surface area contributed by atoms with Gasteiger partial charge in [-0.1, -0.05) is 11.3 Å². The predicted molar refractivity (Wildman–Crippen MR) is 88.0 cm³/mol. The van der Waals surface area contributed by atoms with Crippen LogP contribution in [0, 0.1) is 11.6 Å². The summed E-state index contributed by atoms with van der Waals surface area (Å²) in [4.78, 5) is 16.8. The fourth-order valence-electron chi connectivity index (χ4n) is 2.63. The Morgan fingerprint density at radius 3 is 2.72 bits per heavy atom. The summed E-state index contributed by atoms with van der Waals surface area (Å²) in [5.74, 6) is -0.799. The van der Waals surface area contributed by atoms with Gasteiger partial charge in [0.05, 0.1) is 10.2 Å². The summed E-state index contributed by atoms with van der Waals surface area (Å²) in [6.45, 7) is 0.877. The highest BCUT2D eigenvalue weighted by Gasteiger charge is 2.16. The van der Waals surface area contributed by atoms with Gasteiger partial charge in [-0.2, -0.15) is 4.99 Å². The van der Waals surface area contributed by atoms with Crippen LogP contribution in [0.4, 0.5) is 8.78 Å². The van der Waals surface area contributed by atoms with Gasteiger partial charge < -0.3 is 14.0 Å². The number of aryl methyl sites for hydroxylation is 1. The van der Waals surface area contributed by atoms with Crippen LogP contribution < -0.4 is 14.3 Å². The summed E-state index contributed by atoms with van der Waals surface area (Å²) in [7, 11) is 1.58. The molecular formula is C17H12F2N2O3S. The molecule has 0 aliphatic carbocycles. The summed E-state index contributed by atoms with van der Waals surface area (Å²) in [5, 5.41) is 0. The van der Waals surface area contributed by atoms with E-state index in [1.165, 1.54) is 10.6 Å². The van der Waals surface area contributed by atoms with Crippen molar-refractivity contribution in [3.63, 3.8) is 0 Å². The van der Waals surface area contributed by atoms with Crippen molar-refractivity contribution in [3.8, 4) is 11.5 Å². The number of rotatable bonds is 1. The highest BCUT2D eigenvalue weighted by Crippen LogP contribution is 2.31. The highest BCUT2D eigenvalue weighted by molar-refractivity contribution is 7.16. The number of ether oxygens (including phenoxy) is 2. The second-order valence-corrected chi connectivity index (χ2v) is 6.46. The van der Waals surface area contributed by atoms with Gasteiger partial charge in [0.15, 0.2) is 22.1 Å². The number of amides is 1. The van der Waals surface area contributed by atoms with Gasteiger partial charge in [-0.05, 0) is 24.3 Å². The molecule has 128 valence electrons. The molecule has 1 aliphatic heterocycles. The summed E-state index contributed by atoms with van der Waals surface area (Å²) in [6, 6.07) is 6.83. The minimum absolute atomic E-state index is 0.208. The predicted octanol–water partition coefficient (Wildman–Crippen LogP) is 3.03. The second kappa shape index (κ2) is 5.96. The van der Waals surface area contributed by atoms with Crippen LogP contribution in [-0.2, 0) is 7.05 Å². The molecule has 2 heterocycles. The third-order valence-electron chi connectivity index (χ3n) is 3.80. The Morgan fingerprint density at radius 2 is 1.92 bits per heavy atom. The molecule has 0 fully saturated rings. The minimum Gasteiger partial charge on any atom is -0.486 e. The number of hydrogen-bond acceptors (Lipinski definition) is 4. The van der Waals surface area contributed by atoms with Crippen molar-refractivity contribution in [2.24, 2.45) is 12.0 Å². The first-order valence-electron chi connectivity index (χ1n) is 7.46. The molecule has 0 saturated carbocycles. The van der Waals surface area contributed by atoms with E-state index in [0.29, 0.717) is 35.0 Å². The van der Waals surface area contributed by atoms with E-state index < -0.39 is 17.5 Å². The second-order valence-electron chi connectivity index (χ2n) is 5.45. The van der Waals surface area contributed by atoms with Crippen LogP contribution in [0.5, 0.6) is 11.5 Å². The van der Waals surface area contributed by atoms with Crippen LogP contribution >= 0.6 is 11.3 Å². The monoisotopic (exact) mass is 362 g/mol. The average molecular weight is 362 g/mol. The smallest absolute Gasteiger partial charge is 0.279 e. The average Bonchev–Trinajstić information content (AvgIpc) is 2.90. The van der Waals surface area contributed by atoms with Crippen LogP contribution in [0.2, 0.25) is 0 Å². The third-order valence-corrected chi connectivity index (χ3v) is 4.88. The molecule has 0 N–H and O–H groups in total. The summed E-state index contributed by atoms with van der Waals surface area (Å²) in [5.41, 5.74) is 0.536. The topological polar surface area (TPSA) is 52.8 Å². The largest absolute Gasteiger partial charge is 0.486 e. The number of carbonyl (C=O) groups excluding carboxylic acids is 1. The first-order valence-corrected chi connectivity index (χ1v) is 8.28. The molecule has 0 radical (unpaired) electrons. The Balaban J connectivity index is 1.78. The molecule has 1 aliphatic rings. The molecule has 0 atom stereocenters. The van der Waals surface area contributed by atoms with Crippen molar-refractivity contribution < 1.29 is 23.0 Å². The summed E-state index contributed by atoms with van der Waals surface area (Å²) >= 11 is 1.04. The van der Waals surface area contributed by atoms with E-state index in [9.17, 15) is 13.6 Å². The molecule has 8 heteroatoms. The van der Waals surface area contributed by atoms with Gasteiger partial charge in [0.25, 0.3) is 5.91 Å². The molecule has 1 amide bonds. The van der Waals surface area contributed by atoms with E-state index >= 15 is 0 Å². The van der Waals surface area contributed by atoms with Crippen LogP contribution in [-0.4, -0.2) is 23.7 Å². The van der Waals surface area contributed by atoms with E-state index in [1.807, 2.05) is 0 Å². The lowest BCUT2D eigenvalue weighted by Gasteiger charge is -2.18. The van der Waals surface area contributed by atoms with Gasteiger partial charge in [0.1, 0.15) is 19.0 Å². The molecule has 5 nitrogen and oxygen atoms in total. The van der Waals surface area contributed by atoms with Crippen molar-refractivity contribution in [3.05, 3.63) is 52.3 Å². The number of hydrogen-bond donors (Lipinski definition) is 0. The van der Waals surface area contributed by atoms with E-state index in [1.54, 1.807) is 25.2 Å². The van der Waals surface area contributed by atoms with E-state index in [0.717, 1.165) is 17.4 Å².